The monoisotopic (exact) mass is 499 g/mol. The molecule has 4 nitrogen and oxygen atoms in total. The number of amides is 1. The first kappa shape index (κ1) is 24.1. The van der Waals surface area contributed by atoms with Crippen molar-refractivity contribution in [2.45, 2.75) is 76.0 Å². The molecule has 2 aromatic carbocycles. The molecule has 34 heavy (non-hydrogen) atoms. The van der Waals surface area contributed by atoms with Gasteiger partial charge in [0.25, 0.3) is 0 Å². The number of carbonyl (C=O) groups is 1. The second-order valence-electron chi connectivity index (χ2n) is 10.5. The van der Waals surface area contributed by atoms with Crippen molar-refractivity contribution in [3.8, 4) is 0 Å². The first-order chi connectivity index (χ1) is 16.5. The molecule has 6 heteroatoms. The SMILES string of the molecule is CC(=O)NCC1(C2CCCCN2)C[C@@H]2CC[C@@H](C1)N2C(c1ccccc1Cl)c1ccccc1Cl. The summed E-state index contributed by atoms with van der Waals surface area (Å²) in [5, 5.41) is 8.62. The number of hydrogen-bond acceptors (Lipinski definition) is 3. The number of benzene rings is 2. The molecule has 3 fully saturated rings. The molecule has 3 atom stereocenters. The molecule has 5 rings (SSSR count). The van der Waals surface area contributed by atoms with E-state index in [0.29, 0.717) is 18.1 Å². The number of piperidine rings is 2. The third-order valence-electron chi connectivity index (χ3n) is 8.40. The van der Waals surface area contributed by atoms with Gasteiger partial charge >= 0.3 is 0 Å². The molecule has 182 valence electrons. The van der Waals surface area contributed by atoms with Crippen LogP contribution >= 0.6 is 23.2 Å². The topological polar surface area (TPSA) is 44.4 Å². The fourth-order valence-electron chi connectivity index (χ4n) is 6.95. The average molecular weight is 501 g/mol. The quantitative estimate of drug-likeness (QED) is 0.514. The Morgan fingerprint density at radius 2 is 1.59 bits per heavy atom. The Morgan fingerprint density at radius 1 is 1.00 bits per heavy atom. The summed E-state index contributed by atoms with van der Waals surface area (Å²) in [5.41, 5.74) is 2.33. The zero-order valence-corrected chi connectivity index (χ0v) is 21.4. The van der Waals surface area contributed by atoms with Crippen LogP contribution in [0.2, 0.25) is 10.0 Å². The molecule has 1 amide bonds. The number of rotatable bonds is 6. The summed E-state index contributed by atoms with van der Waals surface area (Å²) in [6.45, 7) is 3.47. The van der Waals surface area contributed by atoms with Gasteiger partial charge in [-0.2, -0.15) is 0 Å². The van der Waals surface area contributed by atoms with Gasteiger partial charge < -0.3 is 10.6 Å². The Balaban J connectivity index is 1.52. The second kappa shape index (κ2) is 10.2. The number of nitrogens with zero attached hydrogens (tertiary/aromatic N) is 1. The number of nitrogens with one attached hydrogen (secondary N) is 2. The van der Waals surface area contributed by atoms with Crippen LogP contribution in [-0.2, 0) is 4.79 Å². The third-order valence-corrected chi connectivity index (χ3v) is 9.09. The summed E-state index contributed by atoms with van der Waals surface area (Å²) < 4.78 is 0. The Labute approximate surface area is 213 Å². The van der Waals surface area contributed by atoms with E-state index in [0.717, 1.165) is 47.1 Å². The Hall–Kier alpha value is -1.59. The van der Waals surface area contributed by atoms with Gasteiger partial charge in [-0.3, -0.25) is 9.69 Å². The first-order valence-corrected chi connectivity index (χ1v) is 13.5. The van der Waals surface area contributed by atoms with E-state index in [2.05, 4.69) is 39.8 Å². The van der Waals surface area contributed by atoms with Crippen LogP contribution in [0.3, 0.4) is 0 Å². The van der Waals surface area contributed by atoms with Crippen molar-refractivity contribution in [2.24, 2.45) is 5.41 Å². The first-order valence-electron chi connectivity index (χ1n) is 12.7. The van der Waals surface area contributed by atoms with Gasteiger partial charge in [0.15, 0.2) is 0 Å². The zero-order valence-electron chi connectivity index (χ0n) is 19.9. The van der Waals surface area contributed by atoms with Crippen molar-refractivity contribution < 1.29 is 4.79 Å². The van der Waals surface area contributed by atoms with Crippen LogP contribution in [0.5, 0.6) is 0 Å². The molecule has 2 bridgehead atoms. The van der Waals surface area contributed by atoms with E-state index in [1.807, 2.05) is 24.3 Å². The average Bonchev–Trinajstić information content (AvgIpc) is 3.10. The standard InChI is InChI=1S/C28H35Cl2N3O/c1-19(34)32-18-28(26-12-6-7-15-31-26)16-20-13-14-21(17-28)33(20)27(22-8-2-4-10-24(22)29)23-9-3-5-11-25(23)30/h2-5,8-11,20-21,26-27,31H,6-7,12-18H2,1H3,(H,32,34)/t20-,21-,26?/m0/s1. The number of fused-ring (bicyclic) bond motifs is 2. The molecule has 3 aliphatic rings. The third kappa shape index (κ3) is 4.63. The van der Waals surface area contributed by atoms with Gasteiger partial charge in [0.2, 0.25) is 5.91 Å². The molecule has 1 unspecified atom stereocenters. The summed E-state index contributed by atoms with van der Waals surface area (Å²) in [5.74, 6) is 0.0648. The molecule has 0 spiro atoms. The van der Waals surface area contributed by atoms with Crippen LogP contribution in [0, 0.1) is 5.41 Å². The molecule has 2 aromatic rings. The van der Waals surface area contributed by atoms with Crippen molar-refractivity contribution in [1.29, 1.82) is 0 Å². The summed E-state index contributed by atoms with van der Waals surface area (Å²) in [6, 6.07) is 17.7. The minimum Gasteiger partial charge on any atom is -0.356 e. The lowest BCUT2D eigenvalue weighted by atomic mass is 9.66. The maximum atomic E-state index is 11.9. The molecule has 0 aliphatic carbocycles. The molecule has 3 heterocycles. The van der Waals surface area contributed by atoms with Crippen molar-refractivity contribution in [1.82, 2.24) is 15.5 Å². The summed E-state index contributed by atoms with van der Waals surface area (Å²) in [6.07, 6.45) is 8.19. The highest BCUT2D eigenvalue weighted by atomic mass is 35.5. The van der Waals surface area contributed by atoms with E-state index >= 15 is 0 Å². The van der Waals surface area contributed by atoms with Gasteiger partial charge in [-0.15, -0.1) is 0 Å². The largest absolute Gasteiger partial charge is 0.356 e. The van der Waals surface area contributed by atoms with Gasteiger partial charge in [-0.1, -0.05) is 66.0 Å². The fourth-order valence-corrected chi connectivity index (χ4v) is 7.43. The predicted octanol–water partition coefficient (Wildman–Crippen LogP) is 5.97. The van der Waals surface area contributed by atoms with E-state index in [-0.39, 0.29) is 17.4 Å². The highest BCUT2D eigenvalue weighted by molar-refractivity contribution is 6.32. The van der Waals surface area contributed by atoms with Crippen LogP contribution in [-0.4, -0.2) is 42.0 Å². The molecule has 3 aliphatic heterocycles. The molecule has 0 aromatic heterocycles. The van der Waals surface area contributed by atoms with E-state index in [1.54, 1.807) is 6.92 Å². The maximum absolute atomic E-state index is 11.9. The van der Waals surface area contributed by atoms with Crippen LogP contribution in [0.1, 0.15) is 69.0 Å². The molecule has 0 radical (unpaired) electrons. The molecular weight excluding hydrogens is 465 g/mol. The summed E-state index contributed by atoms with van der Waals surface area (Å²) in [7, 11) is 0. The number of carbonyl (C=O) groups excluding carboxylic acids is 1. The maximum Gasteiger partial charge on any atom is 0.216 e. The van der Waals surface area contributed by atoms with Gasteiger partial charge in [-0.05, 0) is 68.3 Å². The Kier molecular flexibility index (Phi) is 7.22. The van der Waals surface area contributed by atoms with Crippen LogP contribution in [0.4, 0.5) is 0 Å². The second-order valence-corrected chi connectivity index (χ2v) is 11.3. The van der Waals surface area contributed by atoms with Gasteiger partial charge in [0.05, 0.1) is 6.04 Å². The number of halogens is 2. The molecule has 0 saturated carbocycles. The van der Waals surface area contributed by atoms with E-state index in [9.17, 15) is 4.79 Å². The van der Waals surface area contributed by atoms with Crippen molar-refractivity contribution in [2.75, 3.05) is 13.1 Å². The van der Waals surface area contributed by atoms with Gasteiger partial charge in [-0.25, -0.2) is 0 Å². The normalized spacial score (nSPS) is 29.4. The zero-order chi connectivity index (χ0) is 23.7. The predicted molar refractivity (Wildman–Crippen MR) is 139 cm³/mol. The van der Waals surface area contributed by atoms with Crippen molar-refractivity contribution >= 4 is 29.1 Å². The highest BCUT2D eigenvalue weighted by Crippen LogP contribution is 2.53. The van der Waals surface area contributed by atoms with Crippen molar-refractivity contribution in [3.05, 3.63) is 69.7 Å². The minimum absolute atomic E-state index is 0.0259. The molecule has 2 N–H and O–H groups in total. The summed E-state index contributed by atoms with van der Waals surface area (Å²) >= 11 is 13.6. The van der Waals surface area contributed by atoms with Crippen LogP contribution < -0.4 is 10.6 Å². The van der Waals surface area contributed by atoms with Crippen LogP contribution in [0.25, 0.3) is 0 Å². The lowest BCUT2D eigenvalue weighted by Crippen LogP contribution is -2.60. The lowest BCUT2D eigenvalue weighted by Gasteiger charge is -2.53. The number of hydrogen-bond donors (Lipinski definition) is 2. The van der Waals surface area contributed by atoms with Gasteiger partial charge in [0.1, 0.15) is 0 Å². The van der Waals surface area contributed by atoms with E-state index < -0.39 is 0 Å². The molecular formula is C28H35Cl2N3O. The molecule has 3 saturated heterocycles. The van der Waals surface area contributed by atoms with E-state index in [4.69, 9.17) is 23.2 Å². The Morgan fingerprint density at radius 3 is 2.09 bits per heavy atom. The summed E-state index contributed by atoms with van der Waals surface area (Å²) in [4.78, 5) is 14.6. The lowest BCUT2D eigenvalue weighted by molar-refractivity contribution is -0.120. The van der Waals surface area contributed by atoms with Crippen molar-refractivity contribution in [3.63, 3.8) is 0 Å². The fraction of sp³-hybridized carbons (Fsp3) is 0.536. The minimum atomic E-state index is 0.0259. The van der Waals surface area contributed by atoms with E-state index in [1.165, 1.54) is 32.1 Å². The van der Waals surface area contributed by atoms with Crippen LogP contribution in [0.15, 0.2) is 48.5 Å². The van der Waals surface area contributed by atoms with Gasteiger partial charge in [0, 0.05) is 47.1 Å². The smallest absolute Gasteiger partial charge is 0.216 e. The Bertz CT molecular complexity index is 963. The highest BCUT2D eigenvalue weighted by Gasteiger charge is 2.53.